The number of phenolic OH excluding ortho intramolecular Hbond substituents is 2. The molecule has 20 heavy (non-hydrogen) atoms. The van der Waals surface area contributed by atoms with Crippen molar-refractivity contribution in [3.05, 3.63) is 63.7 Å². The fourth-order valence-electron chi connectivity index (χ4n) is 2.36. The Kier molecular flexibility index (Phi) is 2.99. The number of benzene rings is 2. The number of carbonyl (C=O) groups is 1. The molecule has 0 amide bonds. The molecule has 0 bridgehead atoms. The van der Waals surface area contributed by atoms with Crippen molar-refractivity contribution >= 4 is 23.5 Å². The molecule has 2 N–H and O–H groups in total. The van der Waals surface area contributed by atoms with Crippen molar-refractivity contribution in [2.75, 3.05) is 0 Å². The summed E-state index contributed by atoms with van der Waals surface area (Å²) in [6.07, 6.45) is 2.25. The van der Waals surface area contributed by atoms with Gasteiger partial charge in [0.1, 0.15) is 0 Å². The second kappa shape index (κ2) is 4.69. The van der Waals surface area contributed by atoms with Gasteiger partial charge in [0.2, 0.25) is 0 Å². The average Bonchev–Trinajstić information content (AvgIpc) is 2.73. The molecule has 0 radical (unpaired) electrons. The zero-order valence-electron chi connectivity index (χ0n) is 10.4. The maximum atomic E-state index is 12.2. The Balaban J connectivity index is 2.02. The monoisotopic (exact) mass is 286 g/mol. The first-order valence-corrected chi connectivity index (χ1v) is 6.48. The van der Waals surface area contributed by atoms with Crippen LogP contribution in [-0.4, -0.2) is 16.0 Å². The lowest BCUT2D eigenvalue weighted by molar-refractivity contribution is 0.104. The number of Topliss-reactive ketones (excluding diaryl/α,β-unsaturated/α-hetero) is 1. The van der Waals surface area contributed by atoms with Gasteiger partial charge in [-0.2, -0.15) is 0 Å². The number of aromatic hydroxyl groups is 2. The van der Waals surface area contributed by atoms with Gasteiger partial charge in [0.25, 0.3) is 0 Å². The minimum Gasteiger partial charge on any atom is -0.504 e. The molecule has 0 spiro atoms. The molecule has 2 aromatic rings. The molecule has 3 rings (SSSR count). The molecule has 1 aliphatic rings. The van der Waals surface area contributed by atoms with Gasteiger partial charge in [-0.25, -0.2) is 0 Å². The third-order valence-electron chi connectivity index (χ3n) is 3.34. The van der Waals surface area contributed by atoms with Gasteiger partial charge in [-0.15, -0.1) is 0 Å². The Bertz CT molecular complexity index is 724. The maximum Gasteiger partial charge on any atom is 0.189 e. The summed E-state index contributed by atoms with van der Waals surface area (Å²) < 4.78 is 0. The number of halogens is 1. The highest BCUT2D eigenvalue weighted by atomic mass is 35.5. The molecule has 4 heteroatoms. The molecule has 2 aromatic carbocycles. The first kappa shape index (κ1) is 12.8. The molecular weight excluding hydrogens is 276 g/mol. The van der Waals surface area contributed by atoms with Crippen molar-refractivity contribution in [2.24, 2.45) is 0 Å². The average molecular weight is 287 g/mol. The Morgan fingerprint density at radius 3 is 2.60 bits per heavy atom. The molecule has 0 heterocycles. The maximum absolute atomic E-state index is 12.2. The normalized spacial score (nSPS) is 15.7. The molecule has 3 nitrogen and oxygen atoms in total. The van der Waals surface area contributed by atoms with Crippen LogP contribution in [0.4, 0.5) is 0 Å². The summed E-state index contributed by atoms with van der Waals surface area (Å²) in [5, 5.41) is 19.0. The van der Waals surface area contributed by atoms with Crippen molar-refractivity contribution in [1.29, 1.82) is 0 Å². The van der Waals surface area contributed by atoms with E-state index in [4.69, 9.17) is 11.6 Å². The van der Waals surface area contributed by atoms with Crippen molar-refractivity contribution in [3.8, 4) is 11.5 Å². The van der Waals surface area contributed by atoms with Crippen LogP contribution in [0, 0.1) is 0 Å². The Morgan fingerprint density at radius 2 is 1.90 bits per heavy atom. The van der Waals surface area contributed by atoms with Crippen molar-refractivity contribution in [3.63, 3.8) is 0 Å². The Hall–Kier alpha value is -2.26. The van der Waals surface area contributed by atoms with Gasteiger partial charge >= 0.3 is 0 Å². The predicted octanol–water partition coefficient (Wildman–Crippen LogP) is 3.57. The molecule has 1 aliphatic carbocycles. The second-order valence-electron chi connectivity index (χ2n) is 4.70. The van der Waals surface area contributed by atoms with Crippen LogP contribution in [0.15, 0.2) is 42.0 Å². The largest absolute Gasteiger partial charge is 0.504 e. The summed E-state index contributed by atoms with van der Waals surface area (Å²) in [6.45, 7) is 0. The molecule has 0 saturated heterocycles. The molecule has 100 valence electrons. The molecule has 0 aliphatic heterocycles. The fourth-order valence-corrected chi connectivity index (χ4v) is 2.58. The van der Waals surface area contributed by atoms with Gasteiger partial charge in [0.05, 0.1) is 5.02 Å². The lowest BCUT2D eigenvalue weighted by atomic mass is 10.1. The van der Waals surface area contributed by atoms with E-state index in [0.29, 0.717) is 23.1 Å². The van der Waals surface area contributed by atoms with Crippen molar-refractivity contribution in [1.82, 2.24) is 0 Å². The number of hydrogen-bond donors (Lipinski definition) is 2. The van der Waals surface area contributed by atoms with Crippen LogP contribution in [0.1, 0.15) is 21.5 Å². The van der Waals surface area contributed by atoms with Crippen LogP contribution in [0.25, 0.3) is 6.08 Å². The summed E-state index contributed by atoms with van der Waals surface area (Å²) >= 11 is 5.81. The molecule has 0 fully saturated rings. The van der Waals surface area contributed by atoms with Crippen LogP contribution in [-0.2, 0) is 6.42 Å². The van der Waals surface area contributed by atoms with Crippen molar-refractivity contribution < 1.29 is 15.0 Å². The van der Waals surface area contributed by atoms with Crippen LogP contribution in [0.3, 0.4) is 0 Å². The van der Waals surface area contributed by atoms with E-state index in [1.54, 1.807) is 12.1 Å². The van der Waals surface area contributed by atoms with Crippen molar-refractivity contribution in [2.45, 2.75) is 6.42 Å². The van der Waals surface area contributed by atoms with Crippen LogP contribution in [0.5, 0.6) is 11.5 Å². The van der Waals surface area contributed by atoms with Crippen LogP contribution >= 0.6 is 11.6 Å². The lowest BCUT2D eigenvalue weighted by Gasteiger charge is -2.03. The van der Waals surface area contributed by atoms with E-state index in [0.717, 1.165) is 5.56 Å². The number of rotatable bonds is 1. The molecule has 0 unspecified atom stereocenters. The number of carbonyl (C=O) groups excluding carboxylic acids is 1. The summed E-state index contributed by atoms with van der Waals surface area (Å²) in [7, 11) is 0. The topological polar surface area (TPSA) is 57.5 Å². The Morgan fingerprint density at radius 1 is 1.15 bits per heavy atom. The highest BCUT2D eigenvalue weighted by Crippen LogP contribution is 2.35. The van der Waals surface area contributed by atoms with Gasteiger partial charge in [0.15, 0.2) is 17.3 Å². The fraction of sp³-hybridized carbons (Fsp3) is 0.0625. The smallest absolute Gasteiger partial charge is 0.189 e. The number of phenols is 2. The highest BCUT2D eigenvalue weighted by Gasteiger charge is 2.24. The highest BCUT2D eigenvalue weighted by molar-refractivity contribution is 6.32. The van der Waals surface area contributed by atoms with E-state index < -0.39 is 0 Å². The van der Waals surface area contributed by atoms with Crippen LogP contribution in [0.2, 0.25) is 5.02 Å². The molecular formula is C16H11ClO3. The summed E-state index contributed by atoms with van der Waals surface area (Å²) in [6, 6.07) is 10.4. The molecule has 0 aromatic heterocycles. The number of fused-ring (bicyclic) bond motifs is 1. The summed E-state index contributed by atoms with van der Waals surface area (Å²) in [5.41, 5.74) is 2.94. The van der Waals surface area contributed by atoms with E-state index in [1.807, 2.05) is 18.2 Å². The standard InChI is InChI=1S/C16H11ClO3/c17-13-6-9(7-14(18)16(13)20)5-11-8-10-3-1-2-4-12(10)15(11)19/h1-7,18,20H,8H2/b11-5-. The van der Waals surface area contributed by atoms with Crippen LogP contribution < -0.4 is 0 Å². The predicted molar refractivity (Wildman–Crippen MR) is 77.2 cm³/mol. The van der Waals surface area contributed by atoms with Gasteiger partial charge in [-0.05, 0) is 29.3 Å². The van der Waals surface area contributed by atoms with Gasteiger partial charge in [-0.1, -0.05) is 35.9 Å². The van der Waals surface area contributed by atoms with E-state index in [1.165, 1.54) is 12.1 Å². The number of ketones is 1. The van der Waals surface area contributed by atoms with Gasteiger partial charge in [-0.3, -0.25) is 4.79 Å². The summed E-state index contributed by atoms with van der Waals surface area (Å²) in [4.78, 5) is 12.2. The van der Waals surface area contributed by atoms with Gasteiger partial charge in [0, 0.05) is 17.6 Å². The van der Waals surface area contributed by atoms with E-state index in [9.17, 15) is 15.0 Å². The second-order valence-corrected chi connectivity index (χ2v) is 5.11. The Labute approximate surface area is 120 Å². The van der Waals surface area contributed by atoms with Gasteiger partial charge < -0.3 is 10.2 Å². The van der Waals surface area contributed by atoms with E-state index in [2.05, 4.69) is 0 Å². The summed E-state index contributed by atoms with van der Waals surface area (Å²) in [5.74, 6) is -0.661. The van der Waals surface area contributed by atoms with E-state index in [-0.39, 0.29) is 22.3 Å². The number of hydrogen-bond acceptors (Lipinski definition) is 3. The first-order valence-electron chi connectivity index (χ1n) is 6.11. The minimum absolute atomic E-state index is 0.00992. The quantitative estimate of drug-likeness (QED) is 0.622. The lowest BCUT2D eigenvalue weighted by Crippen LogP contribution is -1.94. The first-order chi connectivity index (χ1) is 9.56. The molecule has 0 saturated carbocycles. The number of allylic oxidation sites excluding steroid dienone is 1. The molecule has 0 atom stereocenters. The zero-order chi connectivity index (χ0) is 14.3. The zero-order valence-corrected chi connectivity index (χ0v) is 11.2. The minimum atomic E-state index is -0.352. The van der Waals surface area contributed by atoms with E-state index >= 15 is 0 Å². The SMILES string of the molecule is O=C1/C(=C\c2cc(O)c(O)c(Cl)c2)Cc2ccccc21. The third-order valence-corrected chi connectivity index (χ3v) is 3.63. The third kappa shape index (κ3) is 2.06.